The highest BCUT2D eigenvalue weighted by molar-refractivity contribution is 7.17. The maximum absolute atomic E-state index is 12.3. The molecule has 1 heterocycles. The molecule has 25 heavy (non-hydrogen) atoms. The Bertz CT molecular complexity index is 809. The second-order valence-corrected chi connectivity index (χ2v) is 6.70. The Morgan fingerprint density at radius 2 is 1.76 bits per heavy atom. The molecular formula is C21H21NO2S. The minimum Gasteiger partial charge on any atom is -0.494 e. The van der Waals surface area contributed by atoms with Gasteiger partial charge in [0.1, 0.15) is 5.75 Å². The first-order valence-electron chi connectivity index (χ1n) is 8.41. The molecule has 0 aliphatic carbocycles. The molecule has 0 atom stereocenters. The number of hydrogen-bond acceptors (Lipinski definition) is 3. The number of benzene rings is 2. The Morgan fingerprint density at radius 1 is 1.00 bits per heavy atom. The number of ether oxygens (including phenoxy) is 1. The predicted octanol–water partition coefficient (Wildman–Crippen LogP) is 4.79. The fourth-order valence-electron chi connectivity index (χ4n) is 2.54. The molecule has 0 fully saturated rings. The van der Waals surface area contributed by atoms with Gasteiger partial charge in [-0.1, -0.05) is 42.5 Å². The van der Waals surface area contributed by atoms with E-state index in [4.69, 9.17) is 4.74 Å². The van der Waals surface area contributed by atoms with Crippen molar-refractivity contribution in [3.63, 3.8) is 0 Å². The van der Waals surface area contributed by atoms with Gasteiger partial charge in [-0.25, -0.2) is 0 Å². The molecule has 0 saturated heterocycles. The van der Waals surface area contributed by atoms with Crippen molar-refractivity contribution >= 4 is 17.2 Å². The van der Waals surface area contributed by atoms with E-state index >= 15 is 0 Å². The van der Waals surface area contributed by atoms with Gasteiger partial charge in [-0.05, 0) is 48.7 Å². The van der Waals surface area contributed by atoms with Gasteiger partial charge in [0.2, 0.25) is 0 Å². The van der Waals surface area contributed by atoms with Crippen LogP contribution in [0, 0.1) is 0 Å². The molecule has 3 aromatic rings. The first-order valence-corrected chi connectivity index (χ1v) is 9.23. The molecule has 4 heteroatoms. The molecule has 1 amide bonds. The molecule has 0 bridgehead atoms. The Morgan fingerprint density at radius 3 is 2.48 bits per heavy atom. The van der Waals surface area contributed by atoms with E-state index in [1.54, 1.807) is 0 Å². The van der Waals surface area contributed by atoms with E-state index in [-0.39, 0.29) is 5.91 Å². The van der Waals surface area contributed by atoms with Crippen molar-refractivity contribution in [2.45, 2.75) is 13.3 Å². The molecule has 0 unspecified atom stereocenters. The van der Waals surface area contributed by atoms with Crippen molar-refractivity contribution in [3.8, 4) is 16.2 Å². The number of amides is 1. The van der Waals surface area contributed by atoms with Crippen molar-refractivity contribution in [1.29, 1.82) is 0 Å². The van der Waals surface area contributed by atoms with Gasteiger partial charge < -0.3 is 10.1 Å². The minimum atomic E-state index is -0.0156. The van der Waals surface area contributed by atoms with Crippen LogP contribution in [0.2, 0.25) is 0 Å². The smallest absolute Gasteiger partial charge is 0.261 e. The topological polar surface area (TPSA) is 38.3 Å². The summed E-state index contributed by atoms with van der Waals surface area (Å²) >= 11 is 1.52. The third-order valence-electron chi connectivity index (χ3n) is 3.82. The van der Waals surface area contributed by atoms with Gasteiger partial charge in [-0.3, -0.25) is 4.79 Å². The lowest BCUT2D eigenvalue weighted by Gasteiger charge is -2.06. The van der Waals surface area contributed by atoms with E-state index < -0.39 is 0 Å². The van der Waals surface area contributed by atoms with E-state index in [1.807, 2.05) is 61.5 Å². The summed E-state index contributed by atoms with van der Waals surface area (Å²) in [6.45, 7) is 3.25. The van der Waals surface area contributed by atoms with Crippen LogP contribution < -0.4 is 10.1 Å². The first kappa shape index (κ1) is 17.2. The van der Waals surface area contributed by atoms with Crippen LogP contribution in [0.1, 0.15) is 22.2 Å². The lowest BCUT2D eigenvalue weighted by atomic mass is 10.1. The van der Waals surface area contributed by atoms with Gasteiger partial charge in [0.25, 0.3) is 5.91 Å². The normalized spacial score (nSPS) is 10.4. The van der Waals surface area contributed by atoms with Gasteiger partial charge in [-0.2, -0.15) is 0 Å². The van der Waals surface area contributed by atoms with Crippen molar-refractivity contribution in [3.05, 3.63) is 77.2 Å². The lowest BCUT2D eigenvalue weighted by molar-refractivity contribution is 0.0958. The molecule has 0 spiro atoms. The summed E-state index contributed by atoms with van der Waals surface area (Å²) in [6.07, 6.45) is 0.801. The van der Waals surface area contributed by atoms with E-state index in [2.05, 4.69) is 17.4 Å². The SMILES string of the molecule is CCOc1ccc(CCNC(=O)c2ccc(-c3ccccc3)s2)cc1. The van der Waals surface area contributed by atoms with Crippen molar-refractivity contribution in [2.75, 3.05) is 13.2 Å². The first-order chi connectivity index (χ1) is 12.3. The summed E-state index contributed by atoms with van der Waals surface area (Å²) in [4.78, 5) is 14.1. The average molecular weight is 351 g/mol. The lowest BCUT2D eigenvalue weighted by Crippen LogP contribution is -2.24. The van der Waals surface area contributed by atoms with E-state index in [1.165, 1.54) is 16.9 Å². The molecule has 128 valence electrons. The molecule has 0 saturated carbocycles. The van der Waals surface area contributed by atoms with Crippen molar-refractivity contribution in [1.82, 2.24) is 5.32 Å². The van der Waals surface area contributed by atoms with Crippen LogP contribution in [-0.2, 0) is 6.42 Å². The maximum Gasteiger partial charge on any atom is 0.261 e. The van der Waals surface area contributed by atoms with Gasteiger partial charge in [0.15, 0.2) is 0 Å². The molecule has 1 N–H and O–H groups in total. The number of rotatable bonds is 7. The highest BCUT2D eigenvalue weighted by atomic mass is 32.1. The van der Waals surface area contributed by atoms with Gasteiger partial charge in [0, 0.05) is 11.4 Å². The summed E-state index contributed by atoms with van der Waals surface area (Å²) in [6, 6.07) is 22.0. The van der Waals surface area contributed by atoms with Crippen LogP contribution >= 0.6 is 11.3 Å². The summed E-state index contributed by atoms with van der Waals surface area (Å²) in [5.41, 5.74) is 2.32. The summed E-state index contributed by atoms with van der Waals surface area (Å²) in [5.74, 6) is 0.862. The fourth-order valence-corrected chi connectivity index (χ4v) is 3.47. The standard InChI is InChI=1S/C21H21NO2S/c1-2-24-18-10-8-16(9-11-18)14-15-22-21(23)20-13-12-19(25-20)17-6-4-3-5-7-17/h3-13H,2,14-15H2,1H3,(H,22,23). The Labute approximate surface area is 152 Å². The molecule has 0 aliphatic rings. The molecule has 1 aromatic heterocycles. The van der Waals surface area contributed by atoms with Crippen LogP contribution in [-0.4, -0.2) is 19.1 Å². The van der Waals surface area contributed by atoms with Crippen molar-refractivity contribution < 1.29 is 9.53 Å². The van der Waals surface area contributed by atoms with Crippen LogP contribution in [0.15, 0.2) is 66.7 Å². The Hall–Kier alpha value is -2.59. The molecule has 3 rings (SSSR count). The highest BCUT2D eigenvalue weighted by Crippen LogP contribution is 2.27. The number of thiophene rings is 1. The van der Waals surface area contributed by atoms with Crippen LogP contribution in [0.4, 0.5) is 0 Å². The van der Waals surface area contributed by atoms with Crippen LogP contribution in [0.25, 0.3) is 10.4 Å². The molecule has 0 aliphatic heterocycles. The van der Waals surface area contributed by atoms with Gasteiger partial charge >= 0.3 is 0 Å². The van der Waals surface area contributed by atoms with Crippen LogP contribution in [0.3, 0.4) is 0 Å². The summed E-state index contributed by atoms with van der Waals surface area (Å²) < 4.78 is 5.43. The molecular weight excluding hydrogens is 330 g/mol. The number of carbonyl (C=O) groups excluding carboxylic acids is 1. The van der Waals surface area contributed by atoms with Gasteiger partial charge in [0.05, 0.1) is 11.5 Å². The third kappa shape index (κ3) is 4.70. The fraction of sp³-hybridized carbons (Fsp3) is 0.190. The third-order valence-corrected chi connectivity index (χ3v) is 4.95. The monoisotopic (exact) mass is 351 g/mol. The molecule has 2 aromatic carbocycles. The predicted molar refractivity (Wildman–Crippen MR) is 103 cm³/mol. The van der Waals surface area contributed by atoms with Gasteiger partial charge in [-0.15, -0.1) is 11.3 Å². The summed E-state index contributed by atoms with van der Waals surface area (Å²) in [5, 5.41) is 2.99. The zero-order valence-electron chi connectivity index (χ0n) is 14.2. The average Bonchev–Trinajstić information content (AvgIpc) is 3.14. The molecule has 3 nitrogen and oxygen atoms in total. The number of carbonyl (C=O) groups is 1. The zero-order valence-corrected chi connectivity index (χ0v) is 15.0. The minimum absolute atomic E-state index is 0.0156. The van der Waals surface area contributed by atoms with E-state index in [0.717, 1.165) is 27.5 Å². The highest BCUT2D eigenvalue weighted by Gasteiger charge is 2.09. The van der Waals surface area contributed by atoms with Crippen molar-refractivity contribution in [2.24, 2.45) is 0 Å². The maximum atomic E-state index is 12.3. The largest absolute Gasteiger partial charge is 0.494 e. The second kappa shape index (κ2) is 8.49. The quantitative estimate of drug-likeness (QED) is 0.665. The number of nitrogens with one attached hydrogen (secondary N) is 1. The summed E-state index contributed by atoms with van der Waals surface area (Å²) in [7, 11) is 0. The Balaban J connectivity index is 1.52. The molecule has 0 radical (unpaired) electrons. The Kier molecular flexibility index (Phi) is 5.86. The zero-order chi connectivity index (χ0) is 17.5. The second-order valence-electron chi connectivity index (χ2n) is 5.61. The van der Waals surface area contributed by atoms with E-state index in [0.29, 0.717) is 13.2 Å². The number of hydrogen-bond donors (Lipinski definition) is 1. The van der Waals surface area contributed by atoms with E-state index in [9.17, 15) is 4.79 Å². The van der Waals surface area contributed by atoms with Crippen LogP contribution in [0.5, 0.6) is 5.75 Å².